The maximum atomic E-state index is 10.9. The molecule has 1 rings (SSSR count). The second-order valence-electron chi connectivity index (χ2n) is 7.45. The number of rotatable bonds is 14. The molecule has 0 aromatic rings. The zero-order valence-electron chi connectivity index (χ0n) is 20.3. The molecule has 7 nitrogen and oxygen atoms in total. The predicted octanol–water partition coefficient (Wildman–Crippen LogP) is 3.64. The SMILES string of the molecule is C=C1CCCS1.CNC(=O)CCCCCN.CNC(=O)CCCCCN=C(N)CCCS. The summed E-state index contributed by atoms with van der Waals surface area (Å²) in [6.45, 7) is 5.32. The van der Waals surface area contributed by atoms with Gasteiger partial charge in [0.25, 0.3) is 0 Å². The maximum Gasteiger partial charge on any atom is 0.219 e. The van der Waals surface area contributed by atoms with Crippen molar-refractivity contribution in [1.29, 1.82) is 0 Å². The summed E-state index contributed by atoms with van der Waals surface area (Å²) in [6.07, 6.45) is 11.6. The fourth-order valence-corrected chi connectivity index (χ4v) is 3.57. The van der Waals surface area contributed by atoms with Gasteiger partial charge in [-0.3, -0.25) is 14.6 Å². The van der Waals surface area contributed by atoms with Gasteiger partial charge in [0.05, 0.1) is 5.84 Å². The van der Waals surface area contributed by atoms with Gasteiger partial charge in [-0.2, -0.15) is 12.6 Å². The fraction of sp³-hybridized carbons (Fsp3) is 0.783. The lowest BCUT2D eigenvalue weighted by molar-refractivity contribution is -0.121. The van der Waals surface area contributed by atoms with Gasteiger partial charge in [0.15, 0.2) is 0 Å². The van der Waals surface area contributed by atoms with Crippen LogP contribution in [-0.2, 0) is 9.59 Å². The van der Waals surface area contributed by atoms with Crippen LogP contribution in [0.3, 0.4) is 0 Å². The largest absolute Gasteiger partial charge is 0.387 e. The van der Waals surface area contributed by atoms with Crippen LogP contribution in [-0.4, -0.2) is 56.3 Å². The molecule has 0 spiro atoms. The number of nitrogens with zero attached hydrogens (tertiary/aromatic N) is 1. The summed E-state index contributed by atoms with van der Waals surface area (Å²) in [5, 5.41) is 5.18. The van der Waals surface area contributed by atoms with Crippen LogP contribution < -0.4 is 22.1 Å². The summed E-state index contributed by atoms with van der Waals surface area (Å²) in [7, 11) is 3.32. The van der Waals surface area contributed by atoms with Gasteiger partial charge >= 0.3 is 0 Å². The van der Waals surface area contributed by atoms with Crippen molar-refractivity contribution in [3.05, 3.63) is 11.5 Å². The van der Waals surface area contributed by atoms with Crippen molar-refractivity contribution < 1.29 is 9.59 Å². The molecule has 0 unspecified atom stereocenters. The number of nitrogens with one attached hydrogen (secondary N) is 2. The summed E-state index contributed by atoms with van der Waals surface area (Å²) in [6, 6.07) is 0. The molecule has 0 saturated carbocycles. The summed E-state index contributed by atoms with van der Waals surface area (Å²) in [5.74, 6) is 3.11. The number of carbonyl (C=O) groups is 2. The van der Waals surface area contributed by atoms with Crippen LogP contribution in [0, 0.1) is 0 Å². The average Bonchev–Trinajstić information content (AvgIpc) is 3.28. The highest BCUT2D eigenvalue weighted by molar-refractivity contribution is 8.03. The number of aliphatic imine (C=N–C) groups is 1. The Bertz CT molecular complexity index is 509. The van der Waals surface area contributed by atoms with Gasteiger partial charge in [-0.1, -0.05) is 19.4 Å². The minimum absolute atomic E-state index is 0.108. The molecule has 1 saturated heterocycles. The van der Waals surface area contributed by atoms with Gasteiger partial charge in [-0.05, 0) is 67.9 Å². The lowest BCUT2D eigenvalue weighted by Crippen LogP contribution is -2.16. The van der Waals surface area contributed by atoms with Crippen molar-refractivity contribution in [3.8, 4) is 0 Å². The summed E-state index contributed by atoms with van der Waals surface area (Å²) in [4.78, 5) is 27.2. The van der Waals surface area contributed by atoms with Crippen LogP contribution >= 0.6 is 24.4 Å². The Morgan fingerprint density at radius 3 is 2.00 bits per heavy atom. The van der Waals surface area contributed by atoms with E-state index in [1.54, 1.807) is 14.1 Å². The predicted molar refractivity (Wildman–Crippen MR) is 145 cm³/mol. The molecular weight excluding hydrogens is 442 g/mol. The molecule has 188 valence electrons. The van der Waals surface area contributed by atoms with E-state index in [1.807, 2.05) is 11.8 Å². The molecule has 0 atom stereocenters. The van der Waals surface area contributed by atoms with Crippen molar-refractivity contribution in [2.24, 2.45) is 16.5 Å². The quantitative estimate of drug-likeness (QED) is 0.110. The lowest BCUT2D eigenvalue weighted by atomic mass is 10.2. The van der Waals surface area contributed by atoms with E-state index in [2.05, 4.69) is 34.8 Å². The molecule has 1 aliphatic rings. The van der Waals surface area contributed by atoms with E-state index in [4.69, 9.17) is 11.5 Å². The number of thioether (sulfide) groups is 1. The third kappa shape index (κ3) is 26.8. The Balaban J connectivity index is 0. The first kappa shape index (κ1) is 33.0. The summed E-state index contributed by atoms with van der Waals surface area (Å²) >= 11 is 6.02. The Hall–Kier alpha value is -1.19. The lowest BCUT2D eigenvalue weighted by Gasteiger charge is -2.00. The zero-order chi connectivity index (χ0) is 24.5. The van der Waals surface area contributed by atoms with E-state index in [0.29, 0.717) is 12.8 Å². The molecule has 1 aliphatic heterocycles. The van der Waals surface area contributed by atoms with Crippen molar-refractivity contribution in [3.63, 3.8) is 0 Å². The Morgan fingerprint density at radius 1 is 1.00 bits per heavy atom. The molecule has 0 bridgehead atoms. The molecule has 0 radical (unpaired) electrons. The highest BCUT2D eigenvalue weighted by Crippen LogP contribution is 2.27. The number of nitrogens with two attached hydrogens (primary N) is 2. The van der Waals surface area contributed by atoms with Gasteiger partial charge < -0.3 is 22.1 Å². The van der Waals surface area contributed by atoms with Gasteiger partial charge in [0.1, 0.15) is 0 Å². The van der Waals surface area contributed by atoms with E-state index in [-0.39, 0.29) is 11.8 Å². The van der Waals surface area contributed by atoms with Crippen LogP contribution in [0.25, 0.3) is 0 Å². The van der Waals surface area contributed by atoms with Gasteiger partial charge in [-0.25, -0.2) is 0 Å². The number of allylic oxidation sites excluding steroid dienone is 1. The van der Waals surface area contributed by atoms with Crippen molar-refractivity contribution in [1.82, 2.24) is 10.6 Å². The molecule has 6 N–H and O–H groups in total. The van der Waals surface area contributed by atoms with E-state index >= 15 is 0 Å². The first-order valence-corrected chi connectivity index (χ1v) is 13.3. The Morgan fingerprint density at radius 2 is 1.59 bits per heavy atom. The minimum atomic E-state index is 0.108. The Labute approximate surface area is 205 Å². The van der Waals surface area contributed by atoms with E-state index in [1.165, 1.54) is 23.5 Å². The normalized spacial score (nSPS) is 12.9. The average molecular weight is 490 g/mol. The zero-order valence-corrected chi connectivity index (χ0v) is 22.0. The number of unbranched alkanes of at least 4 members (excludes halogenated alkanes) is 4. The van der Waals surface area contributed by atoms with Crippen LogP contribution in [0.15, 0.2) is 16.5 Å². The first-order valence-electron chi connectivity index (χ1n) is 11.7. The van der Waals surface area contributed by atoms with Crippen LogP contribution in [0.1, 0.15) is 77.0 Å². The molecule has 0 aliphatic carbocycles. The Kier molecular flexibility index (Phi) is 26.9. The van der Waals surface area contributed by atoms with Gasteiger partial charge in [0, 0.05) is 39.9 Å². The molecule has 32 heavy (non-hydrogen) atoms. The number of hydrogen-bond donors (Lipinski definition) is 5. The molecule has 2 amide bonds. The number of thiol groups is 1. The van der Waals surface area contributed by atoms with E-state index in [0.717, 1.165) is 76.0 Å². The smallest absolute Gasteiger partial charge is 0.219 e. The second-order valence-corrected chi connectivity index (χ2v) is 9.17. The van der Waals surface area contributed by atoms with Crippen LogP contribution in [0.5, 0.6) is 0 Å². The van der Waals surface area contributed by atoms with Crippen molar-refractivity contribution >= 4 is 42.0 Å². The van der Waals surface area contributed by atoms with Crippen LogP contribution in [0.4, 0.5) is 0 Å². The minimum Gasteiger partial charge on any atom is -0.387 e. The highest BCUT2D eigenvalue weighted by atomic mass is 32.2. The summed E-state index contributed by atoms with van der Waals surface area (Å²) < 4.78 is 0. The number of carbonyl (C=O) groups excluding carboxylic acids is 2. The molecule has 0 aromatic carbocycles. The van der Waals surface area contributed by atoms with E-state index in [9.17, 15) is 9.59 Å². The third-order valence-electron chi connectivity index (χ3n) is 4.54. The van der Waals surface area contributed by atoms with Crippen molar-refractivity contribution in [2.45, 2.75) is 77.0 Å². The van der Waals surface area contributed by atoms with Gasteiger partial charge in [0.2, 0.25) is 11.8 Å². The van der Waals surface area contributed by atoms with Crippen LogP contribution in [0.2, 0.25) is 0 Å². The molecule has 1 fully saturated rings. The van der Waals surface area contributed by atoms with E-state index < -0.39 is 0 Å². The number of hydrogen-bond acceptors (Lipinski definition) is 6. The highest BCUT2D eigenvalue weighted by Gasteiger charge is 2.02. The maximum absolute atomic E-state index is 10.9. The number of amides is 2. The first-order chi connectivity index (χ1) is 15.4. The van der Waals surface area contributed by atoms with Gasteiger partial charge in [-0.15, -0.1) is 11.8 Å². The topological polar surface area (TPSA) is 123 Å². The fourth-order valence-electron chi connectivity index (χ4n) is 2.55. The number of amidine groups is 1. The van der Waals surface area contributed by atoms with Crippen molar-refractivity contribution in [2.75, 3.05) is 38.7 Å². The summed E-state index contributed by atoms with van der Waals surface area (Å²) in [5.41, 5.74) is 11.0. The molecule has 9 heteroatoms. The third-order valence-corrected chi connectivity index (χ3v) is 5.96. The second kappa shape index (κ2) is 26.1. The molecule has 0 aromatic heterocycles. The molecule has 1 heterocycles. The standard InChI is InChI=1S/C11H23N3OS.C7H16N2O.C5H8S/c1-13-11(15)7-3-2-4-8-14-10(12)6-5-9-16;1-9-7(10)5-3-2-4-6-8;1-5-3-2-4-6-5/h16H,2-9H2,1H3,(H2,12,14)(H,13,15);2-6,8H2,1H3,(H,9,10);1-4H2. The molecular formula is C23H47N5O2S2. The monoisotopic (exact) mass is 489 g/mol.